The van der Waals surface area contributed by atoms with Crippen LogP contribution in [0, 0.1) is 23.2 Å². The van der Waals surface area contributed by atoms with Gasteiger partial charge in [-0.25, -0.2) is 0 Å². The maximum Gasteiger partial charge on any atom is 0.231 e. The van der Waals surface area contributed by atoms with Crippen LogP contribution in [-0.2, 0) is 4.79 Å². The smallest absolute Gasteiger partial charge is 0.231 e. The molecule has 2 aliphatic rings. The molecule has 21 heavy (non-hydrogen) atoms. The number of fused-ring (bicyclic) bond motifs is 1. The standard InChI is InChI=1S/C15H13NO4S/c1-21-15-9(4-5-11-14(15)20-7-19-11)13(18)10(6-16)12(17)8-2-3-8/h4-5,8,10H,2-3,7H2,1H3. The molecule has 5 nitrogen and oxygen atoms in total. The SMILES string of the molecule is CSc1c(C(=O)C(C#N)C(=O)C2CC2)ccc2c1OCO2. The van der Waals surface area contributed by atoms with Crippen LogP contribution in [0.3, 0.4) is 0 Å². The quantitative estimate of drug-likeness (QED) is 0.472. The zero-order chi connectivity index (χ0) is 15.0. The highest BCUT2D eigenvalue weighted by atomic mass is 32.2. The van der Waals surface area contributed by atoms with E-state index in [0.29, 0.717) is 22.0 Å². The van der Waals surface area contributed by atoms with E-state index < -0.39 is 11.7 Å². The summed E-state index contributed by atoms with van der Waals surface area (Å²) in [5.41, 5.74) is 0.354. The van der Waals surface area contributed by atoms with Gasteiger partial charge in [0.25, 0.3) is 0 Å². The number of carbonyl (C=O) groups excluding carboxylic acids is 2. The van der Waals surface area contributed by atoms with Crippen molar-refractivity contribution in [2.24, 2.45) is 11.8 Å². The zero-order valence-electron chi connectivity index (χ0n) is 11.4. The van der Waals surface area contributed by atoms with Crippen molar-refractivity contribution in [2.45, 2.75) is 17.7 Å². The van der Waals surface area contributed by atoms with Gasteiger partial charge in [0.15, 0.2) is 29.0 Å². The Morgan fingerprint density at radius 3 is 2.76 bits per heavy atom. The predicted octanol–water partition coefficient (Wildman–Crippen LogP) is 2.44. The summed E-state index contributed by atoms with van der Waals surface area (Å²) in [6.07, 6.45) is 3.37. The first-order valence-corrected chi connectivity index (χ1v) is 7.84. The van der Waals surface area contributed by atoms with Crippen LogP contribution in [-0.4, -0.2) is 24.6 Å². The highest BCUT2D eigenvalue weighted by molar-refractivity contribution is 7.98. The molecule has 1 aromatic rings. The third kappa shape index (κ3) is 2.38. The van der Waals surface area contributed by atoms with Crippen LogP contribution in [0.1, 0.15) is 23.2 Å². The summed E-state index contributed by atoms with van der Waals surface area (Å²) in [6.45, 7) is 0.114. The Morgan fingerprint density at radius 2 is 2.14 bits per heavy atom. The van der Waals surface area contributed by atoms with Gasteiger partial charge < -0.3 is 9.47 Å². The van der Waals surface area contributed by atoms with Crippen LogP contribution in [0.25, 0.3) is 0 Å². The number of nitrogens with zero attached hydrogens (tertiary/aromatic N) is 1. The van der Waals surface area contributed by atoms with Crippen molar-refractivity contribution in [1.82, 2.24) is 0 Å². The minimum absolute atomic E-state index is 0.114. The number of ether oxygens (including phenoxy) is 2. The molecule has 1 aromatic carbocycles. The molecule has 1 fully saturated rings. The number of nitriles is 1. The Labute approximate surface area is 126 Å². The Balaban J connectivity index is 1.97. The average molecular weight is 303 g/mol. The van der Waals surface area contributed by atoms with Crippen molar-refractivity contribution >= 4 is 23.3 Å². The van der Waals surface area contributed by atoms with E-state index in [-0.39, 0.29) is 18.5 Å². The molecule has 0 saturated heterocycles. The van der Waals surface area contributed by atoms with Gasteiger partial charge in [0.1, 0.15) is 0 Å². The van der Waals surface area contributed by atoms with Crippen molar-refractivity contribution in [3.05, 3.63) is 17.7 Å². The van der Waals surface area contributed by atoms with Crippen molar-refractivity contribution in [1.29, 1.82) is 5.26 Å². The molecule has 1 atom stereocenters. The van der Waals surface area contributed by atoms with Gasteiger partial charge in [-0.05, 0) is 31.2 Å². The van der Waals surface area contributed by atoms with E-state index in [0.717, 1.165) is 12.8 Å². The first-order valence-electron chi connectivity index (χ1n) is 6.61. The molecular formula is C15H13NO4S. The lowest BCUT2D eigenvalue weighted by Crippen LogP contribution is -2.24. The fraction of sp³-hybridized carbons (Fsp3) is 0.400. The van der Waals surface area contributed by atoms with Crippen molar-refractivity contribution in [3.63, 3.8) is 0 Å². The van der Waals surface area contributed by atoms with E-state index in [1.807, 2.05) is 12.3 Å². The van der Waals surface area contributed by atoms with Crippen molar-refractivity contribution in [2.75, 3.05) is 13.0 Å². The van der Waals surface area contributed by atoms with Crippen LogP contribution < -0.4 is 9.47 Å². The Bertz CT molecular complexity index is 660. The lowest BCUT2D eigenvalue weighted by atomic mass is 9.92. The van der Waals surface area contributed by atoms with Gasteiger partial charge in [0, 0.05) is 11.5 Å². The lowest BCUT2D eigenvalue weighted by molar-refractivity contribution is -0.121. The zero-order valence-corrected chi connectivity index (χ0v) is 12.2. The van der Waals surface area contributed by atoms with Gasteiger partial charge >= 0.3 is 0 Å². The molecule has 0 spiro atoms. The Kier molecular flexibility index (Phi) is 3.60. The second-order valence-corrected chi connectivity index (χ2v) is 5.80. The van der Waals surface area contributed by atoms with E-state index in [1.54, 1.807) is 12.1 Å². The maximum atomic E-state index is 12.6. The van der Waals surface area contributed by atoms with Crippen LogP contribution in [0.4, 0.5) is 0 Å². The summed E-state index contributed by atoms with van der Waals surface area (Å²) in [4.78, 5) is 25.3. The average Bonchev–Trinajstić information content (AvgIpc) is 3.24. The van der Waals surface area contributed by atoms with Gasteiger partial charge in [0.2, 0.25) is 6.79 Å². The summed E-state index contributed by atoms with van der Waals surface area (Å²) in [5, 5.41) is 9.21. The number of carbonyl (C=O) groups is 2. The summed E-state index contributed by atoms with van der Waals surface area (Å²) in [7, 11) is 0. The predicted molar refractivity (Wildman–Crippen MR) is 75.5 cm³/mol. The molecule has 3 rings (SSSR count). The molecule has 108 valence electrons. The van der Waals surface area contributed by atoms with Gasteiger partial charge in [-0.2, -0.15) is 5.26 Å². The molecular weight excluding hydrogens is 290 g/mol. The largest absolute Gasteiger partial charge is 0.454 e. The van der Waals surface area contributed by atoms with E-state index in [4.69, 9.17) is 9.47 Å². The first-order chi connectivity index (χ1) is 10.2. The van der Waals surface area contributed by atoms with E-state index in [1.165, 1.54) is 11.8 Å². The minimum atomic E-state index is -1.22. The fourth-order valence-corrected chi connectivity index (χ4v) is 3.09. The number of Topliss-reactive ketones (excluding diaryl/α,β-unsaturated/α-hetero) is 2. The monoisotopic (exact) mass is 303 g/mol. The van der Waals surface area contributed by atoms with E-state index in [9.17, 15) is 14.9 Å². The van der Waals surface area contributed by atoms with Crippen molar-refractivity contribution < 1.29 is 19.1 Å². The lowest BCUT2D eigenvalue weighted by Gasteiger charge is -2.12. The normalized spacial score (nSPS) is 17.1. The maximum absolute atomic E-state index is 12.6. The van der Waals surface area contributed by atoms with Crippen LogP contribution in [0.2, 0.25) is 0 Å². The van der Waals surface area contributed by atoms with Gasteiger partial charge in [-0.3, -0.25) is 9.59 Å². The van der Waals surface area contributed by atoms with Gasteiger partial charge in [-0.15, -0.1) is 11.8 Å². The van der Waals surface area contributed by atoms with Crippen LogP contribution in [0.15, 0.2) is 17.0 Å². The third-order valence-electron chi connectivity index (χ3n) is 3.62. The number of hydrogen-bond donors (Lipinski definition) is 0. The molecule has 0 radical (unpaired) electrons. The molecule has 0 aromatic heterocycles. The van der Waals surface area contributed by atoms with Crippen molar-refractivity contribution in [3.8, 4) is 17.6 Å². The first kappa shape index (κ1) is 14.0. The van der Waals surface area contributed by atoms with Crippen LogP contribution in [0.5, 0.6) is 11.5 Å². The number of benzene rings is 1. The highest BCUT2D eigenvalue weighted by Crippen LogP contribution is 2.43. The third-order valence-corrected chi connectivity index (χ3v) is 4.43. The number of hydrogen-bond acceptors (Lipinski definition) is 6. The molecule has 1 aliphatic carbocycles. The molecule has 1 saturated carbocycles. The molecule has 1 aliphatic heterocycles. The Hall–Kier alpha value is -2.00. The summed E-state index contributed by atoms with van der Waals surface area (Å²) in [6, 6.07) is 5.11. The van der Waals surface area contributed by atoms with Crippen LogP contribution >= 0.6 is 11.8 Å². The molecule has 6 heteroatoms. The molecule has 1 unspecified atom stereocenters. The van der Waals surface area contributed by atoms with Gasteiger partial charge in [0.05, 0.1) is 11.0 Å². The fourth-order valence-electron chi connectivity index (χ4n) is 2.35. The Morgan fingerprint density at radius 1 is 1.38 bits per heavy atom. The molecule has 0 bridgehead atoms. The van der Waals surface area contributed by atoms with Gasteiger partial charge in [-0.1, -0.05) is 0 Å². The molecule has 0 amide bonds. The number of ketones is 2. The summed E-state index contributed by atoms with van der Waals surface area (Å²) in [5.74, 6) is -0.944. The second kappa shape index (κ2) is 5.41. The summed E-state index contributed by atoms with van der Waals surface area (Å²) >= 11 is 1.35. The van der Waals surface area contributed by atoms with E-state index in [2.05, 4.69) is 0 Å². The summed E-state index contributed by atoms with van der Waals surface area (Å²) < 4.78 is 10.7. The number of thioether (sulfide) groups is 1. The molecule has 0 N–H and O–H groups in total. The minimum Gasteiger partial charge on any atom is -0.454 e. The number of rotatable bonds is 5. The second-order valence-electron chi connectivity index (χ2n) is 4.98. The highest BCUT2D eigenvalue weighted by Gasteiger charge is 2.39. The van der Waals surface area contributed by atoms with E-state index >= 15 is 0 Å². The molecule has 1 heterocycles. The topological polar surface area (TPSA) is 76.4 Å².